The summed E-state index contributed by atoms with van der Waals surface area (Å²) >= 11 is 0. The van der Waals surface area contributed by atoms with Crippen LogP contribution in [-0.4, -0.2) is 64.8 Å². The van der Waals surface area contributed by atoms with E-state index in [1.54, 1.807) is 7.11 Å². The molecule has 0 aromatic carbocycles. The van der Waals surface area contributed by atoms with E-state index < -0.39 is 5.97 Å². The molecule has 0 unspecified atom stereocenters. The molecule has 0 spiro atoms. The lowest BCUT2D eigenvalue weighted by Crippen LogP contribution is -2.25. The number of likely N-dealkylation sites (N-methyl/N-ethyl adjacent to an activating group) is 1. The van der Waals surface area contributed by atoms with Gasteiger partial charge in [0, 0.05) is 26.8 Å². The van der Waals surface area contributed by atoms with Gasteiger partial charge in [-0.25, -0.2) is 4.79 Å². The van der Waals surface area contributed by atoms with E-state index in [2.05, 4.69) is 15.2 Å². The van der Waals surface area contributed by atoms with E-state index >= 15 is 0 Å². The third-order valence-electron chi connectivity index (χ3n) is 2.36. The summed E-state index contributed by atoms with van der Waals surface area (Å²) in [5.74, 6) is -1.05. The standard InChI is InChI=1S/C10H18N4O3/c1-13(4-3-7-17-2)5-6-14-8-9(10(15)16)11-12-14/h8H,3-7H2,1-2H3,(H,15,16). The molecule has 0 aliphatic carbocycles. The zero-order chi connectivity index (χ0) is 12.7. The third-order valence-corrected chi connectivity index (χ3v) is 2.36. The van der Waals surface area contributed by atoms with Crippen LogP contribution in [0.25, 0.3) is 0 Å². The average Bonchev–Trinajstić information content (AvgIpc) is 2.75. The number of nitrogens with zero attached hydrogens (tertiary/aromatic N) is 4. The average molecular weight is 242 g/mol. The largest absolute Gasteiger partial charge is 0.476 e. The number of ether oxygens (including phenoxy) is 1. The second-order valence-electron chi connectivity index (χ2n) is 3.82. The maximum atomic E-state index is 10.6. The Hall–Kier alpha value is -1.47. The van der Waals surface area contributed by atoms with Gasteiger partial charge in [0.25, 0.3) is 0 Å². The third kappa shape index (κ3) is 4.92. The Morgan fingerprint density at radius 2 is 2.35 bits per heavy atom. The fraction of sp³-hybridized carbons (Fsp3) is 0.700. The van der Waals surface area contributed by atoms with E-state index in [-0.39, 0.29) is 5.69 Å². The molecule has 0 bridgehead atoms. The number of aromatic nitrogens is 3. The Morgan fingerprint density at radius 1 is 1.59 bits per heavy atom. The molecule has 1 rings (SSSR count). The summed E-state index contributed by atoms with van der Waals surface area (Å²) in [4.78, 5) is 12.7. The first-order valence-electron chi connectivity index (χ1n) is 5.44. The second kappa shape index (κ2) is 6.97. The predicted molar refractivity (Wildman–Crippen MR) is 61.0 cm³/mol. The van der Waals surface area contributed by atoms with Gasteiger partial charge in [0.15, 0.2) is 5.69 Å². The minimum absolute atomic E-state index is 0.0213. The lowest BCUT2D eigenvalue weighted by atomic mass is 10.4. The van der Waals surface area contributed by atoms with E-state index in [1.165, 1.54) is 10.9 Å². The Labute approximate surface area is 100.0 Å². The van der Waals surface area contributed by atoms with Crippen LogP contribution < -0.4 is 0 Å². The molecular formula is C10H18N4O3. The molecule has 1 aromatic heterocycles. The first-order valence-corrected chi connectivity index (χ1v) is 5.44. The molecule has 0 radical (unpaired) electrons. The highest BCUT2D eigenvalue weighted by Gasteiger charge is 2.08. The first kappa shape index (κ1) is 13.6. The lowest BCUT2D eigenvalue weighted by molar-refractivity contribution is 0.0690. The highest BCUT2D eigenvalue weighted by Crippen LogP contribution is 1.94. The van der Waals surface area contributed by atoms with Crippen molar-refractivity contribution in [2.75, 3.05) is 33.9 Å². The molecule has 7 nitrogen and oxygen atoms in total. The van der Waals surface area contributed by atoms with Gasteiger partial charge in [0.05, 0.1) is 12.7 Å². The van der Waals surface area contributed by atoms with Gasteiger partial charge in [-0.1, -0.05) is 5.21 Å². The number of carbonyl (C=O) groups is 1. The molecule has 0 amide bonds. The quantitative estimate of drug-likeness (QED) is 0.643. The van der Waals surface area contributed by atoms with Crippen LogP contribution >= 0.6 is 0 Å². The minimum atomic E-state index is -1.05. The Morgan fingerprint density at radius 3 is 2.94 bits per heavy atom. The molecule has 17 heavy (non-hydrogen) atoms. The number of methoxy groups -OCH3 is 1. The van der Waals surface area contributed by atoms with E-state index in [9.17, 15) is 4.79 Å². The zero-order valence-electron chi connectivity index (χ0n) is 10.2. The summed E-state index contributed by atoms with van der Waals surface area (Å²) in [6.07, 6.45) is 2.41. The Kier molecular flexibility index (Phi) is 5.58. The number of hydrogen-bond acceptors (Lipinski definition) is 5. The van der Waals surface area contributed by atoms with E-state index in [0.717, 1.165) is 26.1 Å². The van der Waals surface area contributed by atoms with Gasteiger partial charge >= 0.3 is 5.97 Å². The molecule has 0 aliphatic heterocycles. The van der Waals surface area contributed by atoms with Gasteiger partial charge < -0.3 is 14.7 Å². The molecule has 96 valence electrons. The van der Waals surface area contributed by atoms with Gasteiger partial charge in [0.1, 0.15) is 0 Å². The highest BCUT2D eigenvalue weighted by molar-refractivity contribution is 5.84. The van der Waals surface area contributed by atoms with Crippen molar-refractivity contribution in [3.8, 4) is 0 Å². The van der Waals surface area contributed by atoms with Crippen molar-refractivity contribution in [2.24, 2.45) is 0 Å². The van der Waals surface area contributed by atoms with E-state index in [1.807, 2.05) is 7.05 Å². The summed E-state index contributed by atoms with van der Waals surface area (Å²) in [5.41, 5.74) is -0.0213. The monoisotopic (exact) mass is 242 g/mol. The van der Waals surface area contributed by atoms with Crippen molar-refractivity contribution in [3.05, 3.63) is 11.9 Å². The van der Waals surface area contributed by atoms with Crippen molar-refractivity contribution in [2.45, 2.75) is 13.0 Å². The number of carboxylic acids is 1. The summed E-state index contributed by atoms with van der Waals surface area (Å²) in [6.45, 7) is 3.11. The van der Waals surface area contributed by atoms with Crippen LogP contribution in [0.2, 0.25) is 0 Å². The molecule has 0 saturated carbocycles. The number of hydrogen-bond donors (Lipinski definition) is 1. The number of carboxylic acid groups (broad SMARTS) is 1. The summed E-state index contributed by atoms with van der Waals surface area (Å²) in [5, 5.41) is 16.0. The Bertz CT molecular complexity index is 353. The predicted octanol–water partition coefficient (Wildman–Crippen LogP) is -0.0554. The number of rotatable bonds is 8. The summed E-state index contributed by atoms with van der Waals surface area (Å²) in [7, 11) is 3.69. The van der Waals surface area contributed by atoms with E-state index in [0.29, 0.717) is 6.54 Å². The highest BCUT2D eigenvalue weighted by atomic mass is 16.5. The molecule has 0 aliphatic rings. The van der Waals surface area contributed by atoms with Gasteiger partial charge in [-0.15, -0.1) is 5.10 Å². The fourth-order valence-corrected chi connectivity index (χ4v) is 1.37. The fourth-order valence-electron chi connectivity index (χ4n) is 1.37. The topological polar surface area (TPSA) is 80.5 Å². The van der Waals surface area contributed by atoms with Gasteiger partial charge in [0.2, 0.25) is 0 Å². The molecular weight excluding hydrogens is 224 g/mol. The van der Waals surface area contributed by atoms with Crippen molar-refractivity contribution < 1.29 is 14.6 Å². The zero-order valence-corrected chi connectivity index (χ0v) is 10.2. The maximum Gasteiger partial charge on any atom is 0.358 e. The van der Waals surface area contributed by atoms with Crippen LogP contribution in [0.3, 0.4) is 0 Å². The van der Waals surface area contributed by atoms with Gasteiger partial charge in [-0.3, -0.25) is 4.68 Å². The normalized spacial score (nSPS) is 11.0. The van der Waals surface area contributed by atoms with Crippen molar-refractivity contribution >= 4 is 5.97 Å². The summed E-state index contributed by atoms with van der Waals surface area (Å²) < 4.78 is 6.50. The smallest absolute Gasteiger partial charge is 0.358 e. The van der Waals surface area contributed by atoms with Gasteiger partial charge in [-0.2, -0.15) is 0 Å². The lowest BCUT2D eigenvalue weighted by Gasteiger charge is -2.15. The van der Waals surface area contributed by atoms with Crippen LogP contribution in [0, 0.1) is 0 Å². The molecule has 0 saturated heterocycles. The van der Waals surface area contributed by atoms with Gasteiger partial charge in [-0.05, 0) is 13.5 Å². The SMILES string of the molecule is COCCCN(C)CCn1cc(C(=O)O)nn1. The molecule has 1 heterocycles. The van der Waals surface area contributed by atoms with Crippen LogP contribution in [-0.2, 0) is 11.3 Å². The van der Waals surface area contributed by atoms with Crippen molar-refractivity contribution in [1.82, 2.24) is 19.9 Å². The molecule has 7 heteroatoms. The van der Waals surface area contributed by atoms with Crippen molar-refractivity contribution in [1.29, 1.82) is 0 Å². The van der Waals surface area contributed by atoms with Crippen LogP contribution in [0.15, 0.2) is 6.20 Å². The molecule has 1 N–H and O–H groups in total. The van der Waals surface area contributed by atoms with Crippen LogP contribution in [0.1, 0.15) is 16.9 Å². The maximum absolute atomic E-state index is 10.6. The first-order chi connectivity index (χ1) is 8.13. The summed E-state index contributed by atoms with van der Waals surface area (Å²) in [6, 6.07) is 0. The molecule has 0 fully saturated rings. The second-order valence-corrected chi connectivity index (χ2v) is 3.82. The van der Waals surface area contributed by atoms with Crippen LogP contribution in [0.5, 0.6) is 0 Å². The number of aromatic carboxylic acids is 1. The Balaban J connectivity index is 2.26. The van der Waals surface area contributed by atoms with Crippen LogP contribution in [0.4, 0.5) is 0 Å². The van der Waals surface area contributed by atoms with Crippen molar-refractivity contribution in [3.63, 3.8) is 0 Å². The minimum Gasteiger partial charge on any atom is -0.476 e. The molecule has 1 aromatic rings. The molecule has 0 atom stereocenters. The van der Waals surface area contributed by atoms with E-state index in [4.69, 9.17) is 9.84 Å².